The second kappa shape index (κ2) is 4.97. The predicted octanol–water partition coefficient (Wildman–Crippen LogP) is 0.0967. The fraction of sp³-hybridized carbons (Fsp3) is 0.667. The molecule has 0 aliphatic heterocycles. The topological polar surface area (TPSA) is 87.0 Å². The maximum Gasteiger partial charge on any atom is 0.267 e. The van der Waals surface area contributed by atoms with Gasteiger partial charge in [0, 0.05) is 30.3 Å². The van der Waals surface area contributed by atoms with Gasteiger partial charge >= 0.3 is 0 Å². The largest absolute Gasteiger partial charge is 0.384 e. The van der Waals surface area contributed by atoms with Crippen molar-refractivity contribution < 1.29 is 9.53 Å². The molecule has 6 heteroatoms. The zero-order valence-electron chi connectivity index (χ0n) is 10.8. The lowest BCUT2D eigenvalue weighted by Gasteiger charge is -2.14. The van der Waals surface area contributed by atoms with Crippen molar-refractivity contribution in [3.8, 4) is 0 Å². The summed E-state index contributed by atoms with van der Waals surface area (Å²) in [7, 11) is 1.67. The molecule has 18 heavy (non-hydrogen) atoms. The molecule has 3 N–H and O–H groups in total. The predicted molar refractivity (Wildman–Crippen MR) is 66.4 cm³/mol. The molecule has 1 amide bonds. The average molecular weight is 253 g/mol. The van der Waals surface area contributed by atoms with Crippen LogP contribution in [0, 0.1) is 12.3 Å². The molecule has 1 fully saturated rings. The van der Waals surface area contributed by atoms with Crippen molar-refractivity contribution in [2.75, 3.05) is 20.3 Å². The van der Waals surface area contributed by atoms with E-state index in [9.17, 15) is 9.59 Å². The van der Waals surface area contributed by atoms with E-state index in [0.29, 0.717) is 24.4 Å². The molecule has 0 unspecified atom stereocenters. The number of rotatable bonds is 6. The van der Waals surface area contributed by atoms with Gasteiger partial charge in [0.25, 0.3) is 5.56 Å². The number of carbonyl (C=O) groups excluding carboxylic acids is 1. The van der Waals surface area contributed by atoms with Gasteiger partial charge in [0.1, 0.15) is 0 Å². The van der Waals surface area contributed by atoms with Gasteiger partial charge in [-0.2, -0.15) is 0 Å². The van der Waals surface area contributed by atoms with Crippen LogP contribution in [-0.4, -0.2) is 36.4 Å². The Labute approximate surface area is 105 Å². The summed E-state index contributed by atoms with van der Waals surface area (Å²) in [6.07, 6.45) is 2.30. The van der Waals surface area contributed by atoms with Crippen LogP contribution in [0.4, 0.5) is 0 Å². The van der Waals surface area contributed by atoms with E-state index in [2.05, 4.69) is 15.5 Å². The van der Waals surface area contributed by atoms with Crippen LogP contribution in [0.2, 0.25) is 0 Å². The number of nitrogens with one attached hydrogen (secondary N) is 3. The molecule has 100 valence electrons. The number of hydrogen-bond donors (Lipinski definition) is 3. The summed E-state index contributed by atoms with van der Waals surface area (Å²) in [5.41, 5.74) is 1.13. The van der Waals surface area contributed by atoms with Gasteiger partial charge in [0.2, 0.25) is 5.91 Å². The highest BCUT2D eigenvalue weighted by atomic mass is 16.5. The highest BCUT2D eigenvalue weighted by Crippen LogP contribution is 2.44. The van der Waals surface area contributed by atoms with Gasteiger partial charge < -0.3 is 15.2 Å². The van der Waals surface area contributed by atoms with Crippen LogP contribution in [0.5, 0.6) is 0 Å². The Hall–Kier alpha value is -1.56. The van der Waals surface area contributed by atoms with E-state index in [4.69, 9.17) is 4.74 Å². The molecule has 0 aromatic carbocycles. The zero-order valence-corrected chi connectivity index (χ0v) is 10.8. The number of methoxy groups -OCH3 is 1. The van der Waals surface area contributed by atoms with Gasteiger partial charge in [-0.15, -0.1) is 0 Å². The van der Waals surface area contributed by atoms with Crippen LogP contribution >= 0.6 is 0 Å². The van der Waals surface area contributed by atoms with E-state index >= 15 is 0 Å². The molecule has 0 atom stereocenters. The maximum absolute atomic E-state index is 11.8. The summed E-state index contributed by atoms with van der Waals surface area (Å²) in [5, 5.41) is 8.05. The van der Waals surface area contributed by atoms with E-state index in [-0.39, 0.29) is 23.3 Å². The Morgan fingerprint density at radius 3 is 2.67 bits per heavy atom. The number of aromatic nitrogens is 2. The van der Waals surface area contributed by atoms with Gasteiger partial charge in [-0.3, -0.25) is 14.7 Å². The minimum atomic E-state index is -0.222. The highest BCUT2D eigenvalue weighted by Gasteiger charge is 2.42. The van der Waals surface area contributed by atoms with Crippen molar-refractivity contribution in [3.63, 3.8) is 0 Å². The zero-order chi connectivity index (χ0) is 13.2. The maximum atomic E-state index is 11.8. The fourth-order valence-corrected chi connectivity index (χ4v) is 2.05. The monoisotopic (exact) mass is 253 g/mol. The molecule has 0 saturated heterocycles. The molecule has 1 saturated carbocycles. The fourth-order valence-electron chi connectivity index (χ4n) is 2.05. The lowest BCUT2D eigenvalue weighted by atomic mass is 10.1. The molecule has 0 radical (unpaired) electrons. The molecule has 1 heterocycles. The lowest BCUT2D eigenvalue weighted by molar-refractivity contribution is -0.120. The number of ether oxygens (including phenoxy) is 1. The number of aryl methyl sites for hydroxylation is 1. The number of hydrogen-bond acceptors (Lipinski definition) is 3. The highest BCUT2D eigenvalue weighted by molar-refractivity contribution is 5.78. The third kappa shape index (κ3) is 2.81. The van der Waals surface area contributed by atoms with Gasteiger partial charge in [-0.25, -0.2) is 0 Å². The first-order chi connectivity index (χ1) is 8.56. The van der Waals surface area contributed by atoms with Gasteiger partial charge in [-0.05, 0) is 19.8 Å². The van der Waals surface area contributed by atoms with Crippen molar-refractivity contribution in [1.29, 1.82) is 0 Å². The molecule has 1 aromatic rings. The molecule has 0 spiro atoms. The minimum absolute atomic E-state index is 0.119. The van der Waals surface area contributed by atoms with Crippen LogP contribution in [0.25, 0.3) is 0 Å². The average Bonchev–Trinajstić information content (AvgIpc) is 3.04. The molecule has 1 aromatic heterocycles. The Kier molecular flexibility index (Phi) is 3.56. The van der Waals surface area contributed by atoms with Crippen LogP contribution in [0.3, 0.4) is 0 Å². The summed E-state index contributed by atoms with van der Waals surface area (Å²) in [6, 6.07) is 0. The van der Waals surface area contributed by atoms with E-state index in [1.165, 1.54) is 0 Å². The van der Waals surface area contributed by atoms with E-state index in [0.717, 1.165) is 12.8 Å². The minimum Gasteiger partial charge on any atom is -0.384 e. The van der Waals surface area contributed by atoms with E-state index in [1.807, 2.05) is 0 Å². The molecule has 0 bridgehead atoms. The third-order valence-electron chi connectivity index (χ3n) is 3.50. The summed E-state index contributed by atoms with van der Waals surface area (Å²) in [4.78, 5) is 23.2. The number of H-pyrrole nitrogens is 2. The van der Waals surface area contributed by atoms with Crippen molar-refractivity contribution >= 4 is 5.91 Å². The van der Waals surface area contributed by atoms with Crippen LogP contribution in [0.15, 0.2) is 4.79 Å². The van der Waals surface area contributed by atoms with Gasteiger partial charge in [0.05, 0.1) is 13.0 Å². The Bertz CT molecular complexity index is 485. The molecule has 2 rings (SSSR count). The standard InChI is InChI=1S/C12H19N3O3/c1-8-9(11(17)15-14-8)5-10(16)13-6-12(3-4-12)7-18-2/h3-7H2,1-2H3,(H,13,16)(H2,14,15,17). The summed E-state index contributed by atoms with van der Waals surface area (Å²) >= 11 is 0. The van der Waals surface area contributed by atoms with Crippen molar-refractivity contribution in [2.45, 2.75) is 26.2 Å². The lowest BCUT2D eigenvalue weighted by Crippen LogP contribution is -2.34. The van der Waals surface area contributed by atoms with E-state index in [1.54, 1.807) is 14.0 Å². The normalized spacial score (nSPS) is 16.6. The molecule has 6 nitrogen and oxygen atoms in total. The number of carbonyl (C=O) groups is 1. The van der Waals surface area contributed by atoms with E-state index < -0.39 is 0 Å². The first kappa shape index (κ1) is 12.9. The van der Waals surface area contributed by atoms with Gasteiger partial charge in [0.15, 0.2) is 0 Å². The molecular weight excluding hydrogens is 234 g/mol. The Morgan fingerprint density at radius 1 is 1.44 bits per heavy atom. The van der Waals surface area contributed by atoms with Gasteiger partial charge in [-0.1, -0.05) is 0 Å². The smallest absolute Gasteiger partial charge is 0.267 e. The van der Waals surface area contributed by atoms with Crippen molar-refractivity contribution in [2.24, 2.45) is 5.41 Å². The quantitative estimate of drug-likeness (QED) is 0.672. The third-order valence-corrected chi connectivity index (χ3v) is 3.50. The van der Waals surface area contributed by atoms with Crippen molar-refractivity contribution in [3.05, 3.63) is 21.6 Å². The number of aromatic amines is 2. The Morgan fingerprint density at radius 2 is 2.17 bits per heavy atom. The second-order valence-electron chi connectivity index (χ2n) is 5.07. The Balaban J connectivity index is 1.85. The number of amides is 1. The van der Waals surface area contributed by atoms with Crippen LogP contribution < -0.4 is 10.9 Å². The van der Waals surface area contributed by atoms with Crippen LogP contribution in [0.1, 0.15) is 24.1 Å². The summed E-state index contributed by atoms with van der Waals surface area (Å²) in [6.45, 7) is 3.08. The van der Waals surface area contributed by atoms with Crippen molar-refractivity contribution in [1.82, 2.24) is 15.5 Å². The first-order valence-electron chi connectivity index (χ1n) is 6.08. The molecule has 1 aliphatic carbocycles. The summed E-state index contributed by atoms with van der Waals surface area (Å²) in [5.74, 6) is -0.120. The second-order valence-corrected chi connectivity index (χ2v) is 5.07. The molecule has 1 aliphatic rings. The molecular formula is C12H19N3O3. The summed E-state index contributed by atoms with van der Waals surface area (Å²) < 4.78 is 5.13. The SMILES string of the molecule is COCC1(CNC(=O)Cc2c(C)[nH][nH]c2=O)CC1. The first-order valence-corrected chi connectivity index (χ1v) is 6.08. The van der Waals surface area contributed by atoms with Crippen LogP contribution in [-0.2, 0) is 16.0 Å².